The molecule has 0 saturated heterocycles. The summed E-state index contributed by atoms with van der Waals surface area (Å²) in [6, 6.07) is 4.40. The van der Waals surface area contributed by atoms with Gasteiger partial charge in [-0.15, -0.1) is 11.3 Å². The molecular weight excluding hydrogens is 272 g/mol. The van der Waals surface area contributed by atoms with Crippen LogP contribution < -0.4 is 15.5 Å². The molecule has 2 aromatic heterocycles. The number of hydrogen-bond acceptors (Lipinski definition) is 7. The monoisotopic (exact) mass is 292 g/mol. The molecule has 1 unspecified atom stereocenters. The highest BCUT2D eigenvalue weighted by Gasteiger charge is 2.14. The van der Waals surface area contributed by atoms with Crippen LogP contribution in [-0.2, 0) is 0 Å². The van der Waals surface area contributed by atoms with Crippen molar-refractivity contribution in [2.45, 2.75) is 19.4 Å². The molecule has 0 aliphatic rings. The lowest BCUT2D eigenvalue weighted by Gasteiger charge is -2.17. The van der Waals surface area contributed by atoms with Crippen molar-refractivity contribution < 1.29 is 0 Å². The van der Waals surface area contributed by atoms with Gasteiger partial charge >= 0.3 is 0 Å². The zero-order valence-corrected chi connectivity index (χ0v) is 13.0. The van der Waals surface area contributed by atoms with E-state index in [4.69, 9.17) is 0 Å². The molecule has 0 bridgehead atoms. The second-order valence-corrected chi connectivity index (χ2v) is 5.53. The van der Waals surface area contributed by atoms with Crippen molar-refractivity contribution in [2.24, 2.45) is 0 Å². The first-order chi connectivity index (χ1) is 9.63. The number of hydrogen-bond donors (Lipinski definition) is 2. The van der Waals surface area contributed by atoms with Gasteiger partial charge in [-0.1, -0.05) is 13.0 Å². The van der Waals surface area contributed by atoms with Crippen LogP contribution in [0.2, 0.25) is 0 Å². The molecule has 2 rings (SSSR count). The molecule has 108 valence electrons. The van der Waals surface area contributed by atoms with Crippen LogP contribution in [0.1, 0.15) is 24.3 Å². The lowest BCUT2D eigenvalue weighted by atomic mass is 10.2. The first-order valence-corrected chi connectivity index (χ1v) is 7.43. The minimum absolute atomic E-state index is 0.220. The molecule has 20 heavy (non-hydrogen) atoms. The van der Waals surface area contributed by atoms with Gasteiger partial charge in [0.05, 0.1) is 6.04 Å². The minimum Gasteiger partial charge on any atom is -0.357 e. The summed E-state index contributed by atoms with van der Waals surface area (Å²) in [5.41, 5.74) is 0. The number of rotatable bonds is 6. The number of nitrogens with zero attached hydrogens (tertiary/aromatic N) is 4. The van der Waals surface area contributed by atoms with Gasteiger partial charge in [0.1, 0.15) is 0 Å². The second-order valence-electron chi connectivity index (χ2n) is 4.55. The highest BCUT2D eigenvalue weighted by Crippen LogP contribution is 2.25. The van der Waals surface area contributed by atoms with Gasteiger partial charge in [0.25, 0.3) is 0 Å². The van der Waals surface area contributed by atoms with E-state index in [1.165, 1.54) is 4.88 Å². The third-order valence-electron chi connectivity index (χ3n) is 2.85. The van der Waals surface area contributed by atoms with Crippen LogP contribution in [0.25, 0.3) is 0 Å². The maximum atomic E-state index is 4.44. The maximum absolute atomic E-state index is 4.44. The molecule has 0 aliphatic carbocycles. The van der Waals surface area contributed by atoms with Crippen LogP contribution in [0.4, 0.5) is 17.8 Å². The highest BCUT2D eigenvalue weighted by molar-refractivity contribution is 7.10. The smallest absolute Gasteiger partial charge is 0.231 e. The fourth-order valence-corrected chi connectivity index (χ4v) is 2.62. The van der Waals surface area contributed by atoms with E-state index < -0.39 is 0 Å². The van der Waals surface area contributed by atoms with Gasteiger partial charge in [-0.25, -0.2) is 0 Å². The summed E-state index contributed by atoms with van der Waals surface area (Å²) in [4.78, 5) is 16.2. The molecule has 0 aromatic carbocycles. The summed E-state index contributed by atoms with van der Waals surface area (Å²) in [6.45, 7) is 2.14. The van der Waals surface area contributed by atoms with Crippen molar-refractivity contribution >= 4 is 29.2 Å². The lowest BCUT2D eigenvalue weighted by Crippen LogP contribution is -2.18. The summed E-state index contributed by atoms with van der Waals surface area (Å²) < 4.78 is 0. The Hall–Kier alpha value is -1.89. The molecule has 2 N–H and O–H groups in total. The van der Waals surface area contributed by atoms with Crippen molar-refractivity contribution in [3.05, 3.63) is 22.4 Å². The Bertz CT molecular complexity index is 540. The van der Waals surface area contributed by atoms with Crippen LogP contribution in [0.15, 0.2) is 17.5 Å². The fourth-order valence-electron chi connectivity index (χ4n) is 1.76. The number of thiophene rings is 1. The summed E-state index contributed by atoms with van der Waals surface area (Å²) >= 11 is 1.74. The summed E-state index contributed by atoms with van der Waals surface area (Å²) in [7, 11) is 5.62. The van der Waals surface area contributed by atoms with Crippen LogP contribution in [-0.4, -0.2) is 36.1 Å². The van der Waals surface area contributed by atoms with Crippen LogP contribution in [0, 0.1) is 0 Å². The van der Waals surface area contributed by atoms with E-state index in [0.717, 1.165) is 6.42 Å². The Labute approximate surface area is 123 Å². The lowest BCUT2D eigenvalue weighted by molar-refractivity contribution is 0.749. The van der Waals surface area contributed by atoms with E-state index in [2.05, 4.69) is 50.0 Å². The second kappa shape index (κ2) is 6.51. The highest BCUT2D eigenvalue weighted by atomic mass is 32.1. The largest absolute Gasteiger partial charge is 0.357 e. The first kappa shape index (κ1) is 14.5. The van der Waals surface area contributed by atoms with Crippen molar-refractivity contribution in [2.75, 3.05) is 36.7 Å². The zero-order valence-electron chi connectivity index (χ0n) is 12.2. The van der Waals surface area contributed by atoms with Crippen LogP contribution >= 0.6 is 11.3 Å². The minimum atomic E-state index is 0.220. The first-order valence-electron chi connectivity index (χ1n) is 6.55. The van der Waals surface area contributed by atoms with Gasteiger partial charge in [-0.3, -0.25) is 0 Å². The third kappa shape index (κ3) is 3.36. The van der Waals surface area contributed by atoms with E-state index in [-0.39, 0.29) is 6.04 Å². The summed E-state index contributed by atoms with van der Waals surface area (Å²) in [6.07, 6.45) is 0.971. The van der Waals surface area contributed by atoms with E-state index in [0.29, 0.717) is 17.8 Å². The normalized spacial score (nSPS) is 12.0. The molecule has 0 fully saturated rings. The van der Waals surface area contributed by atoms with Crippen LogP contribution in [0.3, 0.4) is 0 Å². The molecular formula is C13H20N6S. The molecule has 0 saturated carbocycles. The number of nitrogens with one attached hydrogen (secondary N) is 2. The Morgan fingerprint density at radius 2 is 2.00 bits per heavy atom. The quantitative estimate of drug-likeness (QED) is 0.853. The van der Waals surface area contributed by atoms with E-state index in [1.54, 1.807) is 18.4 Å². The average Bonchev–Trinajstić information content (AvgIpc) is 2.98. The fraction of sp³-hybridized carbons (Fsp3) is 0.462. The van der Waals surface area contributed by atoms with Gasteiger partial charge in [0, 0.05) is 26.0 Å². The van der Waals surface area contributed by atoms with E-state index in [1.807, 2.05) is 19.0 Å². The van der Waals surface area contributed by atoms with Crippen molar-refractivity contribution in [1.29, 1.82) is 0 Å². The number of anilines is 3. The molecule has 0 aliphatic heterocycles. The standard InChI is InChI=1S/C13H20N6S/c1-5-9(10-7-6-8-20-10)15-12-16-11(14-2)17-13(18-12)19(3)4/h6-9H,5H2,1-4H3,(H2,14,15,16,17,18). The molecule has 2 heterocycles. The maximum Gasteiger partial charge on any atom is 0.231 e. The Morgan fingerprint density at radius 3 is 2.55 bits per heavy atom. The van der Waals surface area contributed by atoms with Crippen molar-refractivity contribution in [3.63, 3.8) is 0 Å². The van der Waals surface area contributed by atoms with Gasteiger partial charge in [-0.05, 0) is 17.9 Å². The molecule has 7 heteroatoms. The topological polar surface area (TPSA) is 66.0 Å². The molecule has 0 amide bonds. The molecule has 6 nitrogen and oxygen atoms in total. The molecule has 0 radical (unpaired) electrons. The van der Waals surface area contributed by atoms with Gasteiger partial charge < -0.3 is 15.5 Å². The SMILES string of the molecule is CCC(Nc1nc(NC)nc(N(C)C)n1)c1cccs1. The molecule has 2 aromatic rings. The number of aromatic nitrogens is 3. The zero-order chi connectivity index (χ0) is 14.5. The Morgan fingerprint density at radius 1 is 1.25 bits per heavy atom. The Kier molecular flexibility index (Phi) is 4.73. The molecule has 1 atom stereocenters. The van der Waals surface area contributed by atoms with E-state index >= 15 is 0 Å². The van der Waals surface area contributed by atoms with Crippen molar-refractivity contribution in [1.82, 2.24) is 15.0 Å². The third-order valence-corrected chi connectivity index (χ3v) is 3.83. The Balaban J connectivity index is 2.25. The van der Waals surface area contributed by atoms with Gasteiger partial charge in [0.15, 0.2) is 0 Å². The van der Waals surface area contributed by atoms with Crippen LogP contribution in [0.5, 0.6) is 0 Å². The summed E-state index contributed by atoms with van der Waals surface area (Å²) in [5.74, 6) is 1.79. The van der Waals surface area contributed by atoms with Gasteiger partial charge in [-0.2, -0.15) is 15.0 Å². The van der Waals surface area contributed by atoms with Crippen molar-refractivity contribution in [3.8, 4) is 0 Å². The summed E-state index contributed by atoms with van der Waals surface area (Å²) in [5, 5.41) is 8.43. The predicted octanol–water partition coefficient (Wildman–Crippen LogP) is 2.60. The molecule has 0 spiro atoms. The van der Waals surface area contributed by atoms with E-state index in [9.17, 15) is 0 Å². The average molecular weight is 292 g/mol. The predicted molar refractivity (Wildman–Crippen MR) is 84.7 cm³/mol. The van der Waals surface area contributed by atoms with Gasteiger partial charge in [0.2, 0.25) is 17.8 Å².